The average Bonchev–Trinajstić information content (AvgIpc) is 2.73. The van der Waals surface area contributed by atoms with Gasteiger partial charge in [-0.15, -0.1) is 0 Å². The summed E-state index contributed by atoms with van der Waals surface area (Å²) in [5, 5.41) is 11.9. The zero-order chi connectivity index (χ0) is 20.6. The van der Waals surface area contributed by atoms with Gasteiger partial charge < -0.3 is 19.9 Å². The Morgan fingerprint density at radius 1 is 0.897 bits per heavy atom. The number of rotatable bonds is 8. The van der Waals surface area contributed by atoms with E-state index in [0.29, 0.717) is 18.0 Å². The van der Waals surface area contributed by atoms with Crippen LogP contribution in [0, 0.1) is 0 Å². The fourth-order valence-corrected chi connectivity index (χ4v) is 2.85. The van der Waals surface area contributed by atoms with Crippen molar-refractivity contribution in [3.63, 3.8) is 0 Å². The number of anilines is 1. The van der Waals surface area contributed by atoms with E-state index in [2.05, 4.69) is 5.32 Å². The van der Waals surface area contributed by atoms with Crippen molar-refractivity contribution in [1.82, 2.24) is 0 Å². The highest BCUT2D eigenvalue weighted by Gasteiger charge is 2.16. The molecule has 0 saturated heterocycles. The predicted molar refractivity (Wildman–Crippen MR) is 110 cm³/mol. The van der Waals surface area contributed by atoms with Crippen LogP contribution in [0.4, 0.5) is 5.69 Å². The van der Waals surface area contributed by atoms with Crippen molar-refractivity contribution in [3.05, 3.63) is 89.5 Å². The number of carbonyl (C=O) groups excluding carboxylic acids is 1. The van der Waals surface area contributed by atoms with E-state index in [-0.39, 0.29) is 23.6 Å². The minimum Gasteiger partial charge on any atom is -0.494 e. The lowest BCUT2D eigenvalue weighted by Crippen LogP contribution is -2.16. The first-order chi connectivity index (χ1) is 14.1. The maximum absolute atomic E-state index is 12.4. The Morgan fingerprint density at radius 3 is 2.28 bits per heavy atom. The number of carboxylic acids is 1. The van der Waals surface area contributed by atoms with Gasteiger partial charge in [0.2, 0.25) is 5.91 Å². The molecule has 0 saturated carbocycles. The fraction of sp³-hybridized carbons (Fsp3) is 0.130. The van der Waals surface area contributed by atoms with Crippen LogP contribution in [0.3, 0.4) is 0 Å². The van der Waals surface area contributed by atoms with Gasteiger partial charge in [-0.05, 0) is 35.4 Å². The number of carbonyl (C=O) groups is 2. The molecule has 0 unspecified atom stereocenters. The first-order valence-electron chi connectivity index (χ1n) is 9.02. The van der Waals surface area contributed by atoms with Gasteiger partial charge in [0.15, 0.2) is 5.75 Å². The van der Waals surface area contributed by atoms with Gasteiger partial charge >= 0.3 is 5.97 Å². The number of ether oxygens (including phenoxy) is 2. The molecule has 0 heterocycles. The number of benzene rings is 3. The van der Waals surface area contributed by atoms with Crippen molar-refractivity contribution in [3.8, 4) is 11.5 Å². The van der Waals surface area contributed by atoms with Gasteiger partial charge in [0, 0.05) is 0 Å². The average molecular weight is 391 g/mol. The molecule has 0 radical (unpaired) electrons. The highest BCUT2D eigenvalue weighted by molar-refractivity contribution is 5.98. The van der Waals surface area contributed by atoms with Crippen LogP contribution in [0.2, 0.25) is 0 Å². The summed E-state index contributed by atoms with van der Waals surface area (Å²) < 4.78 is 10.9. The van der Waals surface area contributed by atoms with Gasteiger partial charge in [0.25, 0.3) is 0 Å². The zero-order valence-corrected chi connectivity index (χ0v) is 15.9. The molecule has 0 atom stereocenters. The minimum absolute atomic E-state index is 0.00906. The molecular weight excluding hydrogens is 370 g/mol. The summed E-state index contributed by atoms with van der Waals surface area (Å²) >= 11 is 0. The maximum Gasteiger partial charge on any atom is 0.339 e. The van der Waals surface area contributed by atoms with Gasteiger partial charge in [-0.2, -0.15) is 0 Å². The predicted octanol–water partition coefficient (Wildman–Crippen LogP) is 4.15. The zero-order valence-electron chi connectivity index (χ0n) is 15.9. The van der Waals surface area contributed by atoms with E-state index in [4.69, 9.17) is 9.47 Å². The summed E-state index contributed by atoms with van der Waals surface area (Å²) in [6.45, 7) is 0.473. The fourth-order valence-electron chi connectivity index (χ4n) is 2.85. The van der Waals surface area contributed by atoms with Crippen LogP contribution < -0.4 is 14.8 Å². The molecule has 3 rings (SSSR count). The normalized spacial score (nSPS) is 10.2. The first kappa shape index (κ1) is 19.9. The van der Waals surface area contributed by atoms with E-state index < -0.39 is 5.97 Å². The third-order valence-corrected chi connectivity index (χ3v) is 4.26. The standard InChI is InChI=1S/C23H21NO5/c1-28-22-19(23(26)27)8-5-9-20(22)24-21(25)14-16-10-12-18(13-11-16)29-15-17-6-3-2-4-7-17/h2-13H,14-15H2,1H3,(H,24,25)(H,26,27). The molecule has 1 amide bonds. The second kappa shape index (κ2) is 9.41. The molecule has 2 N–H and O–H groups in total. The molecule has 0 aliphatic rings. The summed E-state index contributed by atoms with van der Waals surface area (Å²) in [7, 11) is 1.37. The Morgan fingerprint density at radius 2 is 1.62 bits per heavy atom. The minimum atomic E-state index is -1.12. The monoisotopic (exact) mass is 391 g/mol. The van der Waals surface area contributed by atoms with Gasteiger partial charge in [0.05, 0.1) is 19.2 Å². The molecule has 0 bridgehead atoms. The number of nitrogens with one attached hydrogen (secondary N) is 1. The molecule has 0 spiro atoms. The number of amides is 1. The molecule has 3 aromatic rings. The summed E-state index contributed by atoms with van der Waals surface area (Å²) in [5.41, 5.74) is 2.20. The maximum atomic E-state index is 12.4. The van der Waals surface area contributed by atoms with E-state index in [1.54, 1.807) is 12.1 Å². The summed E-state index contributed by atoms with van der Waals surface area (Å²) in [5.74, 6) is -0.556. The molecule has 0 aromatic heterocycles. The van der Waals surface area contributed by atoms with E-state index >= 15 is 0 Å². The number of aromatic carboxylic acids is 1. The molecule has 6 heteroatoms. The highest BCUT2D eigenvalue weighted by atomic mass is 16.5. The van der Waals surface area contributed by atoms with Gasteiger partial charge in [-0.25, -0.2) is 4.79 Å². The molecule has 29 heavy (non-hydrogen) atoms. The van der Waals surface area contributed by atoms with Crippen LogP contribution in [0.1, 0.15) is 21.5 Å². The molecule has 0 aliphatic carbocycles. The second-order valence-corrected chi connectivity index (χ2v) is 6.33. The largest absolute Gasteiger partial charge is 0.494 e. The van der Waals surface area contributed by atoms with Crippen LogP contribution in [-0.4, -0.2) is 24.1 Å². The smallest absolute Gasteiger partial charge is 0.339 e. The lowest BCUT2D eigenvalue weighted by molar-refractivity contribution is -0.115. The van der Waals surface area contributed by atoms with Crippen molar-refractivity contribution >= 4 is 17.6 Å². The lowest BCUT2D eigenvalue weighted by atomic mass is 10.1. The number of carboxylic acid groups (broad SMARTS) is 1. The Kier molecular flexibility index (Phi) is 6.47. The van der Waals surface area contributed by atoms with Crippen molar-refractivity contribution < 1.29 is 24.2 Å². The third-order valence-electron chi connectivity index (χ3n) is 4.26. The molecule has 0 fully saturated rings. The Labute approximate surface area is 168 Å². The van der Waals surface area contributed by atoms with E-state index in [1.165, 1.54) is 13.2 Å². The SMILES string of the molecule is COc1c(NC(=O)Cc2ccc(OCc3ccccc3)cc2)cccc1C(=O)O. The van der Waals surface area contributed by atoms with Crippen molar-refractivity contribution in [2.24, 2.45) is 0 Å². The summed E-state index contributed by atoms with van der Waals surface area (Å²) in [4.78, 5) is 23.7. The molecule has 148 valence electrons. The number of hydrogen-bond acceptors (Lipinski definition) is 4. The molecule has 6 nitrogen and oxygen atoms in total. The van der Waals surface area contributed by atoms with E-state index in [0.717, 1.165) is 11.1 Å². The number of para-hydroxylation sites is 1. The number of hydrogen-bond donors (Lipinski definition) is 2. The third kappa shape index (κ3) is 5.35. The van der Waals surface area contributed by atoms with Crippen LogP contribution in [0.25, 0.3) is 0 Å². The Balaban J connectivity index is 1.60. The highest BCUT2D eigenvalue weighted by Crippen LogP contribution is 2.29. The van der Waals surface area contributed by atoms with E-state index in [9.17, 15) is 14.7 Å². The topological polar surface area (TPSA) is 84.9 Å². The summed E-state index contributed by atoms with van der Waals surface area (Å²) in [6.07, 6.45) is 0.138. The van der Waals surface area contributed by atoms with Crippen molar-refractivity contribution in [2.75, 3.05) is 12.4 Å². The first-order valence-corrected chi connectivity index (χ1v) is 9.02. The van der Waals surface area contributed by atoms with E-state index in [1.807, 2.05) is 54.6 Å². The van der Waals surface area contributed by atoms with Crippen molar-refractivity contribution in [1.29, 1.82) is 0 Å². The van der Waals surface area contributed by atoms with Crippen LogP contribution in [0.5, 0.6) is 11.5 Å². The molecular formula is C23H21NO5. The second-order valence-electron chi connectivity index (χ2n) is 6.33. The summed E-state index contributed by atoms with van der Waals surface area (Å²) in [6, 6.07) is 21.7. The van der Waals surface area contributed by atoms with Crippen molar-refractivity contribution in [2.45, 2.75) is 13.0 Å². The number of methoxy groups -OCH3 is 1. The molecule has 3 aromatic carbocycles. The van der Waals surface area contributed by atoms with Crippen LogP contribution in [0.15, 0.2) is 72.8 Å². The van der Waals surface area contributed by atoms with Gasteiger partial charge in [-0.1, -0.05) is 48.5 Å². The molecule has 0 aliphatic heterocycles. The van der Waals surface area contributed by atoms with Crippen LogP contribution >= 0.6 is 0 Å². The lowest BCUT2D eigenvalue weighted by Gasteiger charge is -2.12. The Hall–Kier alpha value is -3.80. The Bertz CT molecular complexity index is 984. The van der Waals surface area contributed by atoms with Gasteiger partial charge in [-0.3, -0.25) is 4.79 Å². The van der Waals surface area contributed by atoms with Crippen LogP contribution in [-0.2, 0) is 17.8 Å². The quantitative estimate of drug-likeness (QED) is 0.602. The van der Waals surface area contributed by atoms with Gasteiger partial charge in [0.1, 0.15) is 17.9 Å².